The molecule has 1 saturated carbocycles. The molecule has 6 heteroatoms. The number of nitrogens with zero attached hydrogens (tertiary/aromatic N) is 2. The fourth-order valence-corrected chi connectivity index (χ4v) is 4.02. The fraction of sp³-hybridized carbons (Fsp3) is 0.591. The van der Waals surface area contributed by atoms with Gasteiger partial charge in [0.05, 0.1) is 24.5 Å². The third-order valence-electron chi connectivity index (χ3n) is 5.90. The third kappa shape index (κ3) is 4.39. The summed E-state index contributed by atoms with van der Waals surface area (Å²) in [4.78, 5) is 7.08. The Hall–Kier alpha value is -1.92. The number of benzene rings is 1. The number of ether oxygens (including phenoxy) is 2. The van der Waals surface area contributed by atoms with Crippen LogP contribution in [0.15, 0.2) is 22.6 Å². The fourth-order valence-electron chi connectivity index (χ4n) is 4.02. The maximum absolute atomic E-state index is 14.4. The molecular formula is C22H29FN2O3. The van der Waals surface area contributed by atoms with Gasteiger partial charge in [0.15, 0.2) is 0 Å². The molecule has 1 aliphatic heterocycles. The number of hydrogen-bond acceptors (Lipinski definition) is 5. The van der Waals surface area contributed by atoms with E-state index >= 15 is 0 Å². The molecule has 0 spiro atoms. The lowest BCUT2D eigenvalue weighted by Gasteiger charge is -2.33. The molecule has 0 N–H and O–H groups in total. The van der Waals surface area contributed by atoms with Crippen LogP contribution in [0.25, 0.3) is 11.5 Å². The monoisotopic (exact) mass is 388 g/mol. The molecule has 1 saturated heterocycles. The number of oxazole rings is 1. The van der Waals surface area contributed by atoms with Crippen LogP contribution in [0.2, 0.25) is 0 Å². The molecule has 0 amide bonds. The van der Waals surface area contributed by atoms with Crippen molar-refractivity contribution in [3.63, 3.8) is 0 Å². The normalized spacial score (nSPS) is 19.9. The molecule has 5 nitrogen and oxygen atoms in total. The van der Waals surface area contributed by atoms with Gasteiger partial charge in [-0.1, -0.05) is 6.42 Å². The lowest BCUT2D eigenvalue weighted by atomic mass is 9.85. The van der Waals surface area contributed by atoms with E-state index in [2.05, 4.69) is 9.88 Å². The van der Waals surface area contributed by atoms with Crippen molar-refractivity contribution in [3.8, 4) is 17.2 Å². The highest BCUT2D eigenvalue weighted by Gasteiger charge is 2.26. The van der Waals surface area contributed by atoms with Crippen molar-refractivity contribution >= 4 is 0 Å². The summed E-state index contributed by atoms with van der Waals surface area (Å²) in [5.41, 5.74) is 1.24. The molecule has 0 bridgehead atoms. The smallest absolute Gasteiger partial charge is 0.229 e. The quantitative estimate of drug-likeness (QED) is 0.662. The molecule has 2 aliphatic rings. The first kappa shape index (κ1) is 19.4. The van der Waals surface area contributed by atoms with Gasteiger partial charge in [0, 0.05) is 32.3 Å². The minimum atomic E-state index is -0.391. The van der Waals surface area contributed by atoms with E-state index in [1.54, 1.807) is 12.1 Å². The van der Waals surface area contributed by atoms with Crippen molar-refractivity contribution in [2.75, 3.05) is 26.8 Å². The van der Waals surface area contributed by atoms with E-state index in [1.807, 2.05) is 6.92 Å². The Morgan fingerprint density at radius 3 is 2.71 bits per heavy atom. The second kappa shape index (κ2) is 8.62. The Balaban J connectivity index is 1.50. The molecule has 0 unspecified atom stereocenters. The van der Waals surface area contributed by atoms with Crippen molar-refractivity contribution in [1.29, 1.82) is 0 Å². The topological polar surface area (TPSA) is 47.7 Å². The van der Waals surface area contributed by atoms with E-state index in [-0.39, 0.29) is 0 Å². The van der Waals surface area contributed by atoms with Crippen LogP contribution in [0.1, 0.15) is 43.6 Å². The molecule has 2 aromatic rings. The van der Waals surface area contributed by atoms with Crippen molar-refractivity contribution in [3.05, 3.63) is 35.5 Å². The van der Waals surface area contributed by atoms with Gasteiger partial charge in [-0.15, -0.1) is 0 Å². The predicted molar refractivity (Wildman–Crippen MR) is 105 cm³/mol. The summed E-state index contributed by atoms with van der Waals surface area (Å²) < 4.78 is 31.2. The van der Waals surface area contributed by atoms with Crippen LogP contribution in [0.4, 0.5) is 4.39 Å². The molecule has 1 aromatic carbocycles. The largest absolute Gasteiger partial charge is 0.497 e. The molecule has 0 radical (unpaired) electrons. The molecule has 2 fully saturated rings. The van der Waals surface area contributed by atoms with Gasteiger partial charge in [-0.3, -0.25) is 4.90 Å². The van der Waals surface area contributed by atoms with Gasteiger partial charge in [-0.05, 0) is 50.7 Å². The van der Waals surface area contributed by atoms with Crippen LogP contribution in [0.5, 0.6) is 5.75 Å². The van der Waals surface area contributed by atoms with Crippen molar-refractivity contribution in [1.82, 2.24) is 9.88 Å². The van der Waals surface area contributed by atoms with Gasteiger partial charge in [-0.2, -0.15) is 0 Å². The minimum Gasteiger partial charge on any atom is -0.497 e. The SMILES string of the molecule is COc1ccc(-c2nc(CN(CC3CCC3)C[C@H]3CCCO3)c(C)o2)c(F)c1. The van der Waals surface area contributed by atoms with Crippen LogP contribution in [0.3, 0.4) is 0 Å². The summed E-state index contributed by atoms with van der Waals surface area (Å²) in [6.07, 6.45) is 6.53. The zero-order valence-corrected chi connectivity index (χ0v) is 16.7. The number of aromatic nitrogens is 1. The average molecular weight is 388 g/mol. The summed E-state index contributed by atoms with van der Waals surface area (Å²) in [7, 11) is 1.52. The Bertz CT molecular complexity index is 797. The highest BCUT2D eigenvalue weighted by molar-refractivity contribution is 5.56. The van der Waals surface area contributed by atoms with Crippen molar-refractivity contribution in [2.45, 2.75) is 51.7 Å². The third-order valence-corrected chi connectivity index (χ3v) is 5.90. The van der Waals surface area contributed by atoms with Crippen LogP contribution in [-0.4, -0.2) is 42.8 Å². The zero-order valence-electron chi connectivity index (χ0n) is 16.7. The maximum atomic E-state index is 14.4. The van der Waals surface area contributed by atoms with E-state index in [4.69, 9.17) is 13.9 Å². The first-order valence-corrected chi connectivity index (χ1v) is 10.3. The van der Waals surface area contributed by atoms with Crippen LogP contribution < -0.4 is 4.74 Å². The highest BCUT2D eigenvalue weighted by atomic mass is 19.1. The number of methoxy groups -OCH3 is 1. The summed E-state index contributed by atoms with van der Waals surface area (Å²) >= 11 is 0. The first-order chi connectivity index (χ1) is 13.6. The molecule has 2 heterocycles. The Morgan fingerprint density at radius 2 is 2.07 bits per heavy atom. The second-order valence-corrected chi connectivity index (χ2v) is 7.99. The molecule has 1 aromatic heterocycles. The minimum absolute atomic E-state index is 0.311. The van der Waals surface area contributed by atoms with Gasteiger partial charge in [0.25, 0.3) is 0 Å². The number of hydrogen-bond donors (Lipinski definition) is 0. The van der Waals surface area contributed by atoms with Gasteiger partial charge >= 0.3 is 0 Å². The summed E-state index contributed by atoms with van der Waals surface area (Å²) in [6, 6.07) is 4.73. The molecule has 152 valence electrons. The molecule has 1 aliphatic carbocycles. The summed E-state index contributed by atoms with van der Waals surface area (Å²) in [6.45, 7) is 5.48. The Morgan fingerprint density at radius 1 is 1.21 bits per heavy atom. The number of aryl methyl sites for hydroxylation is 1. The Labute approximate surface area is 165 Å². The summed E-state index contributed by atoms with van der Waals surface area (Å²) in [5.74, 6) is 1.93. The van der Waals surface area contributed by atoms with Gasteiger partial charge in [0.2, 0.25) is 5.89 Å². The van der Waals surface area contributed by atoms with E-state index in [0.717, 1.165) is 49.9 Å². The lowest BCUT2D eigenvalue weighted by molar-refractivity contribution is 0.0574. The molecular weight excluding hydrogens is 359 g/mol. The van der Waals surface area contributed by atoms with E-state index in [0.29, 0.717) is 29.9 Å². The number of rotatable bonds is 8. The van der Waals surface area contributed by atoms with Gasteiger partial charge < -0.3 is 13.9 Å². The van der Waals surface area contributed by atoms with E-state index < -0.39 is 5.82 Å². The van der Waals surface area contributed by atoms with E-state index in [9.17, 15) is 4.39 Å². The second-order valence-electron chi connectivity index (χ2n) is 7.99. The molecule has 28 heavy (non-hydrogen) atoms. The predicted octanol–water partition coefficient (Wildman–Crippen LogP) is 4.58. The van der Waals surface area contributed by atoms with Crippen LogP contribution >= 0.6 is 0 Å². The molecule has 1 atom stereocenters. The maximum Gasteiger partial charge on any atom is 0.229 e. The van der Waals surface area contributed by atoms with Crippen molar-refractivity contribution in [2.24, 2.45) is 5.92 Å². The van der Waals surface area contributed by atoms with Gasteiger partial charge in [0.1, 0.15) is 17.3 Å². The first-order valence-electron chi connectivity index (χ1n) is 10.3. The zero-order chi connectivity index (χ0) is 19.5. The van der Waals surface area contributed by atoms with Crippen LogP contribution in [-0.2, 0) is 11.3 Å². The van der Waals surface area contributed by atoms with Crippen LogP contribution in [0, 0.1) is 18.7 Å². The van der Waals surface area contributed by atoms with Gasteiger partial charge in [-0.25, -0.2) is 9.37 Å². The van der Waals surface area contributed by atoms with Crippen molar-refractivity contribution < 1.29 is 18.3 Å². The average Bonchev–Trinajstić information content (AvgIpc) is 3.28. The standard InChI is InChI=1S/C22H29FN2O3/c1-15-21(24-22(28-15)19-9-8-17(26-2)11-20(19)23)14-25(12-16-5-3-6-16)13-18-7-4-10-27-18/h8-9,11,16,18H,3-7,10,12-14H2,1-2H3/t18-/m1/s1. The Kier molecular flexibility index (Phi) is 5.97. The highest BCUT2D eigenvalue weighted by Crippen LogP contribution is 2.30. The number of halogens is 1. The summed E-state index contributed by atoms with van der Waals surface area (Å²) in [5, 5.41) is 0. The lowest BCUT2D eigenvalue weighted by Crippen LogP contribution is -2.37. The molecule has 4 rings (SSSR count). The van der Waals surface area contributed by atoms with E-state index in [1.165, 1.54) is 32.4 Å².